The first-order chi connectivity index (χ1) is 5.38. The third-order valence-electron chi connectivity index (χ3n) is 1.18. The third-order valence-corrected chi connectivity index (χ3v) is 1.18. The number of terminal acetylenes is 1. The van der Waals surface area contributed by atoms with Gasteiger partial charge >= 0.3 is 5.97 Å². The number of hydrogen-bond acceptors (Lipinski definition) is 3. The summed E-state index contributed by atoms with van der Waals surface area (Å²) in [4.78, 5) is 11.1. The minimum absolute atomic E-state index is 0.132. The molecule has 0 amide bonds. The van der Waals surface area contributed by atoms with Gasteiger partial charge in [0.1, 0.15) is 12.7 Å². The lowest BCUT2D eigenvalue weighted by molar-refractivity contribution is -0.154. The van der Waals surface area contributed by atoms with E-state index in [4.69, 9.17) is 16.3 Å². The second-order valence-corrected chi connectivity index (χ2v) is 3.53. The average molecular weight is 170 g/mol. The molecule has 0 spiro atoms. The predicted molar refractivity (Wildman–Crippen MR) is 45.3 cm³/mol. The van der Waals surface area contributed by atoms with Crippen LogP contribution in [0.4, 0.5) is 0 Å². The zero-order chi connectivity index (χ0) is 9.78. The summed E-state index contributed by atoms with van der Waals surface area (Å²) in [6.07, 6.45) is 3.87. The average Bonchev–Trinajstić information content (AvgIpc) is 1.97. The van der Waals surface area contributed by atoms with Gasteiger partial charge in [-0.2, -0.15) is 0 Å². The van der Waals surface area contributed by atoms with Gasteiger partial charge in [0.25, 0.3) is 0 Å². The summed E-state index contributed by atoms with van der Waals surface area (Å²) < 4.78 is 4.73. The molecule has 0 unspecified atom stereocenters. The van der Waals surface area contributed by atoms with Gasteiger partial charge in [0.05, 0.1) is 5.41 Å². The largest absolute Gasteiger partial charge is 0.461 e. The van der Waals surface area contributed by atoms with Gasteiger partial charge in [-0.15, -0.1) is 6.42 Å². The molecule has 0 heterocycles. The molecule has 0 aromatic heterocycles. The molecule has 1 N–H and O–H groups in total. The molecule has 0 rings (SSSR count). The van der Waals surface area contributed by atoms with Gasteiger partial charge in [-0.1, -0.05) is 5.92 Å². The highest BCUT2D eigenvalue weighted by Gasteiger charge is 2.23. The minimum atomic E-state index is -1.00. The van der Waals surface area contributed by atoms with E-state index in [1.54, 1.807) is 20.8 Å². The quantitative estimate of drug-likeness (QED) is 0.487. The van der Waals surface area contributed by atoms with Crippen molar-refractivity contribution >= 4 is 5.97 Å². The van der Waals surface area contributed by atoms with Gasteiger partial charge in [0, 0.05) is 0 Å². The highest BCUT2D eigenvalue weighted by atomic mass is 16.5. The number of carbonyl (C=O) groups is 1. The maximum absolute atomic E-state index is 11.1. The molecule has 0 aliphatic heterocycles. The number of aliphatic hydroxyl groups is 1. The molecule has 0 bridgehead atoms. The van der Waals surface area contributed by atoms with Crippen molar-refractivity contribution in [2.75, 3.05) is 6.61 Å². The molecule has 68 valence electrons. The fourth-order valence-corrected chi connectivity index (χ4v) is 0.419. The standard InChI is InChI=1S/C9H14O3/c1-5-7(10)6-12-8(11)9(2,3)4/h1,7,10H,6H2,2-4H3/t7-/m0/s1. The van der Waals surface area contributed by atoms with Crippen molar-refractivity contribution in [1.29, 1.82) is 0 Å². The summed E-state index contributed by atoms with van der Waals surface area (Å²) >= 11 is 0. The summed E-state index contributed by atoms with van der Waals surface area (Å²) in [6, 6.07) is 0. The van der Waals surface area contributed by atoms with Crippen LogP contribution in [0.3, 0.4) is 0 Å². The van der Waals surface area contributed by atoms with Crippen molar-refractivity contribution in [2.24, 2.45) is 5.41 Å². The number of ether oxygens (including phenoxy) is 1. The lowest BCUT2D eigenvalue weighted by Crippen LogP contribution is -2.26. The van der Waals surface area contributed by atoms with E-state index in [1.807, 2.05) is 0 Å². The van der Waals surface area contributed by atoms with E-state index in [0.29, 0.717) is 0 Å². The van der Waals surface area contributed by atoms with Crippen LogP contribution < -0.4 is 0 Å². The van der Waals surface area contributed by atoms with E-state index in [0.717, 1.165) is 0 Å². The van der Waals surface area contributed by atoms with Crippen molar-refractivity contribution < 1.29 is 14.6 Å². The highest BCUT2D eigenvalue weighted by molar-refractivity contribution is 5.75. The first kappa shape index (κ1) is 11.0. The smallest absolute Gasteiger partial charge is 0.311 e. The Balaban J connectivity index is 3.82. The molecule has 3 nitrogen and oxygen atoms in total. The zero-order valence-corrected chi connectivity index (χ0v) is 7.63. The first-order valence-corrected chi connectivity index (χ1v) is 3.69. The predicted octanol–water partition coefficient (Wildman–Crippen LogP) is 0.570. The van der Waals surface area contributed by atoms with Crippen LogP contribution in [0.15, 0.2) is 0 Å². The van der Waals surface area contributed by atoms with Crippen molar-refractivity contribution in [3.05, 3.63) is 0 Å². The number of carbonyl (C=O) groups excluding carboxylic acids is 1. The molecule has 0 saturated carbocycles. The monoisotopic (exact) mass is 170 g/mol. The second kappa shape index (κ2) is 4.13. The van der Waals surface area contributed by atoms with Crippen molar-refractivity contribution in [2.45, 2.75) is 26.9 Å². The maximum atomic E-state index is 11.1. The molecule has 3 heteroatoms. The topological polar surface area (TPSA) is 46.5 Å². The Kier molecular flexibility index (Phi) is 3.78. The maximum Gasteiger partial charge on any atom is 0.311 e. The molecule has 0 fully saturated rings. The molecule has 1 atom stereocenters. The van der Waals surface area contributed by atoms with Crippen LogP contribution in [0, 0.1) is 17.8 Å². The molecule has 0 aromatic carbocycles. The molecule has 0 radical (unpaired) electrons. The molecule has 12 heavy (non-hydrogen) atoms. The van der Waals surface area contributed by atoms with E-state index in [-0.39, 0.29) is 12.6 Å². The Morgan fingerprint density at radius 1 is 1.67 bits per heavy atom. The molecular formula is C9H14O3. The summed E-state index contributed by atoms with van der Waals surface area (Å²) in [6.45, 7) is 5.07. The van der Waals surface area contributed by atoms with Gasteiger partial charge in [0.2, 0.25) is 0 Å². The third kappa shape index (κ3) is 3.99. The van der Waals surface area contributed by atoms with Gasteiger partial charge in [0.15, 0.2) is 0 Å². The Bertz CT molecular complexity index is 195. The number of esters is 1. The zero-order valence-electron chi connectivity index (χ0n) is 7.63. The van der Waals surface area contributed by atoms with Gasteiger partial charge in [-0.05, 0) is 20.8 Å². The molecule has 0 aliphatic carbocycles. The summed E-state index contributed by atoms with van der Waals surface area (Å²) in [5.41, 5.74) is -0.547. The SMILES string of the molecule is C#C[C@H](O)COC(=O)C(C)(C)C. The van der Waals surface area contributed by atoms with Crippen LogP contribution in [0.25, 0.3) is 0 Å². The van der Waals surface area contributed by atoms with Gasteiger partial charge in [-0.3, -0.25) is 4.79 Å². The summed E-state index contributed by atoms with van der Waals surface area (Å²) in [7, 11) is 0. The molecule has 0 aliphatic rings. The van der Waals surface area contributed by atoms with Crippen LogP contribution in [0.5, 0.6) is 0 Å². The van der Waals surface area contributed by atoms with Crippen LogP contribution >= 0.6 is 0 Å². The first-order valence-electron chi connectivity index (χ1n) is 3.69. The van der Waals surface area contributed by atoms with E-state index >= 15 is 0 Å². The van der Waals surface area contributed by atoms with Gasteiger partial charge in [-0.25, -0.2) is 0 Å². The van der Waals surface area contributed by atoms with Gasteiger partial charge < -0.3 is 9.84 Å². The molecular weight excluding hydrogens is 156 g/mol. The van der Waals surface area contributed by atoms with Crippen LogP contribution in [0.2, 0.25) is 0 Å². The van der Waals surface area contributed by atoms with Crippen LogP contribution in [-0.2, 0) is 9.53 Å². The van der Waals surface area contributed by atoms with E-state index in [9.17, 15) is 4.79 Å². The van der Waals surface area contributed by atoms with E-state index < -0.39 is 11.5 Å². The molecule has 0 saturated heterocycles. The van der Waals surface area contributed by atoms with Crippen LogP contribution in [0.1, 0.15) is 20.8 Å². The van der Waals surface area contributed by atoms with E-state index in [2.05, 4.69) is 5.92 Å². The summed E-state index contributed by atoms with van der Waals surface area (Å²) in [5, 5.41) is 8.86. The van der Waals surface area contributed by atoms with Crippen LogP contribution in [-0.4, -0.2) is 23.8 Å². The normalized spacial score (nSPS) is 13.2. The number of aliphatic hydroxyl groups excluding tert-OH is 1. The number of rotatable bonds is 2. The molecule has 0 aromatic rings. The fourth-order valence-electron chi connectivity index (χ4n) is 0.419. The summed E-state index contributed by atoms with van der Waals surface area (Å²) in [5.74, 6) is 1.69. The Morgan fingerprint density at radius 2 is 2.17 bits per heavy atom. The minimum Gasteiger partial charge on any atom is -0.461 e. The Labute approximate surface area is 72.7 Å². The van der Waals surface area contributed by atoms with Crippen molar-refractivity contribution in [3.8, 4) is 12.3 Å². The lowest BCUT2D eigenvalue weighted by Gasteiger charge is -2.16. The fraction of sp³-hybridized carbons (Fsp3) is 0.667. The van der Waals surface area contributed by atoms with Crippen molar-refractivity contribution in [1.82, 2.24) is 0 Å². The highest BCUT2D eigenvalue weighted by Crippen LogP contribution is 2.14. The van der Waals surface area contributed by atoms with E-state index in [1.165, 1.54) is 0 Å². The second-order valence-electron chi connectivity index (χ2n) is 3.53. The Hall–Kier alpha value is -1.01. The Morgan fingerprint density at radius 3 is 2.50 bits per heavy atom. The van der Waals surface area contributed by atoms with Crippen molar-refractivity contribution in [3.63, 3.8) is 0 Å². The lowest BCUT2D eigenvalue weighted by atomic mass is 9.97. The number of hydrogen-bond donors (Lipinski definition) is 1.